The molecule has 1 aliphatic carbocycles. The van der Waals surface area contributed by atoms with Gasteiger partial charge in [0.25, 0.3) is 0 Å². The minimum absolute atomic E-state index is 0.384. The molecule has 3 rings (SSSR count). The zero-order valence-electron chi connectivity index (χ0n) is 12.0. The molecule has 0 amide bonds. The molecule has 0 unspecified atom stereocenters. The molecule has 1 aliphatic heterocycles. The molecule has 1 saturated heterocycles. The molecule has 20 heavy (non-hydrogen) atoms. The topological polar surface area (TPSA) is 70.9 Å². The average Bonchev–Trinajstić information content (AvgIpc) is 2.86. The van der Waals surface area contributed by atoms with E-state index < -0.39 is 0 Å². The molecular weight excluding hydrogens is 250 g/mol. The summed E-state index contributed by atoms with van der Waals surface area (Å²) in [6, 6.07) is 2.65. The van der Waals surface area contributed by atoms with Gasteiger partial charge in [-0.3, -0.25) is 0 Å². The van der Waals surface area contributed by atoms with Crippen molar-refractivity contribution >= 4 is 11.6 Å². The lowest BCUT2D eigenvalue weighted by atomic mass is 9.96. The van der Waals surface area contributed by atoms with Crippen LogP contribution in [0.2, 0.25) is 0 Å². The van der Waals surface area contributed by atoms with Crippen LogP contribution in [0.3, 0.4) is 0 Å². The number of aromatic nitrogens is 2. The first kappa shape index (κ1) is 13.3. The number of hydrogen-bond acceptors (Lipinski definition) is 4. The lowest BCUT2D eigenvalue weighted by molar-refractivity contribution is 0.333. The molecule has 1 aromatic rings. The van der Waals surface area contributed by atoms with Crippen molar-refractivity contribution in [2.24, 2.45) is 0 Å². The molecule has 2 fully saturated rings. The van der Waals surface area contributed by atoms with Crippen molar-refractivity contribution in [2.75, 3.05) is 23.7 Å². The van der Waals surface area contributed by atoms with Gasteiger partial charge in [0.15, 0.2) is 5.82 Å². The van der Waals surface area contributed by atoms with Crippen LogP contribution in [0.1, 0.15) is 63.0 Å². The first-order valence-electron chi connectivity index (χ1n) is 7.84. The normalized spacial score (nSPS) is 20.9. The number of nitrogens with two attached hydrogens (primary N) is 1. The zero-order chi connectivity index (χ0) is 13.9. The summed E-state index contributed by atoms with van der Waals surface area (Å²) in [5.41, 5.74) is 6.78. The fourth-order valence-electron chi connectivity index (χ4n) is 3.47. The highest BCUT2D eigenvalue weighted by Gasteiger charge is 2.26. The molecule has 2 heterocycles. The Morgan fingerprint density at radius 3 is 2.35 bits per heavy atom. The Kier molecular flexibility index (Phi) is 3.81. The van der Waals surface area contributed by atoms with Crippen LogP contribution in [-0.2, 0) is 0 Å². The van der Waals surface area contributed by atoms with Crippen LogP contribution in [-0.4, -0.2) is 22.9 Å². The van der Waals surface area contributed by atoms with Crippen LogP contribution >= 0.6 is 0 Å². The highest BCUT2D eigenvalue weighted by molar-refractivity contribution is 5.65. The maximum absolute atomic E-state index is 9.43. The maximum atomic E-state index is 9.43. The van der Waals surface area contributed by atoms with Gasteiger partial charge in [-0.05, 0) is 32.1 Å². The van der Waals surface area contributed by atoms with E-state index in [-0.39, 0.29) is 0 Å². The minimum Gasteiger partial charge on any atom is -0.383 e. The van der Waals surface area contributed by atoms with Gasteiger partial charge < -0.3 is 10.6 Å². The number of nitrogens with zero attached hydrogens (tertiary/aromatic N) is 4. The minimum atomic E-state index is 0.384. The zero-order valence-corrected chi connectivity index (χ0v) is 12.0. The summed E-state index contributed by atoms with van der Waals surface area (Å²) in [5, 5.41) is 14.2. The summed E-state index contributed by atoms with van der Waals surface area (Å²) in [5.74, 6) is 1.38. The molecule has 0 aromatic carbocycles. The van der Waals surface area contributed by atoms with Gasteiger partial charge in [0, 0.05) is 13.1 Å². The Morgan fingerprint density at radius 2 is 1.70 bits per heavy atom. The second kappa shape index (κ2) is 5.74. The van der Waals surface area contributed by atoms with E-state index in [0.717, 1.165) is 31.7 Å². The van der Waals surface area contributed by atoms with Crippen LogP contribution < -0.4 is 10.6 Å². The first-order chi connectivity index (χ1) is 9.81. The second-order valence-corrected chi connectivity index (χ2v) is 5.98. The van der Waals surface area contributed by atoms with Crippen LogP contribution in [0.25, 0.3) is 0 Å². The van der Waals surface area contributed by atoms with Crippen molar-refractivity contribution in [3.8, 4) is 6.07 Å². The quantitative estimate of drug-likeness (QED) is 0.899. The molecule has 0 spiro atoms. The lowest BCUT2D eigenvalue weighted by Gasteiger charge is -2.27. The molecule has 5 heteroatoms. The molecule has 0 radical (unpaired) electrons. The molecule has 0 bridgehead atoms. The summed E-state index contributed by atoms with van der Waals surface area (Å²) < 4.78 is 1.93. The Hall–Kier alpha value is -1.70. The first-order valence-corrected chi connectivity index (χ1v) is 7.84. The molecule has 1 aromatic heterocycles. The van der Waals surface area contributed by atoms with Gasteiger partial charge in [-0.2, -0.15) is 10.4 Å². The van der Waals surface area contributed by atoms with Crippen molar-refractivity contribution < 1.29 is 0 Å². The third-order valence-corrected chi connectivity index (χ3v) is 4.62. The van der Waals surface area contributed by atoms with Crippen molar-refractivity contribution in [3.63, 3.8) is 0 Å². The maximum Gasteiger partial charge on any atom is 0.170 e. The Bertz CT molecular complexity index is 501. The van der Waals surface area contributed by atoms with E-state index in [1.807, 2.05) is 4.68 Å². The van der Waals surface area contributed by atoms with Crippen molar-refractivity contribution in [2.45, 2.75) is 57.4 Å². The van der Waals surface area contributed by atoms with Gasteiger partial charge in [0.05, 0.1) is 6.04 Å². The number of nitrogen functional groups attached to an aromatic ring is 1. The molecule has 5 nitrogen and oxygen atoms in total. The van der Waals surface area contributed by atoms with E-state index >= 15 is 0 Å². The van der Waals surface area contributed by atoms with Gasteiger partial charge in [-0.1, -0.05) is 19.3 Å². The number of piperidine rings is 1. The number of hydrogen-bond donors (Lipinski definition) is 1. The molecule has 1 saturated carbocycles. The number of anilines is 2. The fraction of sp³-hybridized carbons (Fsp3) is 0.733. The van der Waals surface area contributed by atoms with E-state index in [1.165, 1.54) is 38.5 Å². The van der Waals surface area contributed by atoms with Gasteiger partial charge in [-0.15, -0.1) is 0 Å². The third-order valence-electron chi connectivity index (χ3n) is 4.62. The van der Waals surface area contributed by atoms with Crippen molar-refractivity contribution in [3.05, 3.63) is 5.56 Å². The summed E-state index contributed by atoms with van der Waals surface area (Å²) in [7, 11) is 0. The summed E-state index contributed by atoms with van der Waals surface area (Å²) >= 11 is 0. The highest BCUT2D eigenvalue weighted by atomic mass is 15.4. The van der Waals surface area contributed by atoms with Gasteiger partial charge in [-0.25, -0.2) is 4.68 Å². The summed E-state index contributed by atoms with van der Waals surface area (Å²) in [6.07, 6.45) is 9.70. The predicted octanol–water partition coefficient (Wildman–Crippen LogP) is 2.83. The van der Waals surface area contributed by atoms with Crippen LogP contribution in [0.4, 0.5) is 11.6 Å². The average molecular weight is 273 g/mol. The summed E-state index contributed by atoms with van der Waals surface area (Å²) in [4.78, 5) is 2.23. The van der Waals surface area contributed by atoms with E-state index in [0.29, 0.717) is 17.4 Å². The van der Waals surface area contributed by atoms with Crippen LogP contribution in [0.15, 0.2) is 0 Å². The summed E-state index contributed by atoms with van der Waals surface area (Å²) in [6.45, 7) is 1.99. The Balaban J connectivity index is 1.91. The van der Waals surface area contributed by atoms with Crippen LogP contribution in [0, 0.1) is 11.3 Å². The third kappa shape index (κ3) is 2.35. The highest BCUT2D eigenvalue weighted by Crippen LogP contribution is 2.34. The largest absolute Gasteiger partial charge is 0.383 e. The van der Waals surface area contributed by atoms with E-state index in [2.05, 4.69) is 11.0 Å². The lowest BCUT2D eigenvalue weighted by Crippen LogP contribution is -2.30. The Morgan fingerprint density at radius 1 is 1.05 bits per heavy atom. The van der Waals surface area contributed by atoms with Crippen LogP contribution in [0.5, 0.6) is 0 Å². The number of rotatable bonds is 2. The second-order valence-electron chi connectivity index (χ2n) is 5.98. The van der Waals surface area contributed by atoms with Gasteiger partial charge in [0.2, 0.25) is 0 Å². The van der Waals surface area contributed by atoms with Gasteiger partial charge >= 0.3 is 0 Å². The van der Waals surface area contributed by atoms with E-state index in [9.17, 15) is 5.26 Å². The molecular formula is C15H23N5. The monoisotopic (exact) mass is 273 g/mol. The van der Waals surface area contributed by atoms with Crippen molar-refractivity contribution in [1.82, 2.24) is 9.78 Å². The smallest absolute Gasteiger partial charge is 0.170 e. The number of nitriles is 1. The van der Waals surface area contributed by atoms with E-state index in [4.69, 9.17) is 10.8 Å². The molecule has 108 valence electrons. The molecule has 2 aliphatic rings. The molecule has 2 N–H and O–H groups in total. The van der Waals surface area contributed by atoms with E-state index in [1.54, 1.807) is 0 Å². The van der Waals surface area contributed by atoms with Gasteiger partial charge in [0.1, 0.15) is 17.5 Å². The predicted molar refractivity (Wildman–Crippen MR) is 79.5 cm³/mol. The standard InChI is InChI=1S/C15H23N5/c16-11-13-14(17)20(12-7-3-1-4-8-12)18-15(13)19-9-5-2-6-10-19/h12H,1-10,17H2. The van der Waals surface area contributed by atoms with Crippen molar-refractivity contribution in [1.29, 1.82) is 5.26 Å². The SMILES string of the molecule is N#Cc1c(N2CCCCC2)nn(C2CCCCC2)c1N. The fourth-order valence-corrected chi connectivity index (χ4v) is 3.47. The Labute approximate surface area is 120 Å². The molecule has 0 atom stereocenters.